The fourth-order valence-electron chi connectivity index (χ4n) is 4.71. The van der Waals surface area contributed by atoms with Crippen LogP contribution in [0.5, 0.6) is 0 Å². The van der Waals surface area contributed by atoms with Crippen LogP contribution in [0.3, 0.4) is 0 Å². The van der Waals surface area contributed by atoms with E-state index in [1.807, 2.05) is 13.0 Å². The average Bonchev–Trinajstić information content (AvgIpc) is 3.59. The fourth-order valence-corrected chi connectivity index (χ4v) is 5.13. The van der Waals surface area contributed by atoms with Crippen LogP contribution in [-0.4, -0.2) is 56.3 Å². The molecule has 5 aromatic heterocycles. The number of pyridine rings is 3. The highest BCUT2D eigenvalue weighted by atomic mass is 32.2. The predicted molar refractivity (Wildman–Crippen MR) is 154 cm³/mol. The summed E-state index contributed by atoms with van der Waals surface area (Å²) in [6.45, 7) is 3.31. The zero-order valence-corrected chi connectivity index (χ0v) is 23.4. The number of nitrogens with one attached hydrogen (secondary N) is 4. The molecule has 0 bridgehead atoms. The minimum Gasteiger partial charge on any atom is -0.321 e. The number of fused-ring (bicyclic) bond motifs is 2. The number of halogens is 2. The summed E-state index contributed by atoms with van der Waals surface area (Å²) < 4.78 is 56.1. The van der Waals surface area contributed by atoms with Crippen molar-refractivity contribution in [1.82, 2.24) is 45.2 Å². The minimum atomic E-state index is -3.47. The number of rotatable bonds is 9. The molecule has 0 amide bonds. The maximum atomic E-state index is 16.1. The Morgan fingerprint density at radius 3 is 2.57 bits per heavy atom. The molecule has 6 rings (SSSR count). The van der Waals surface area contributed by atoms with E-state index >= 15 is 4.39 Å². The van der Waals surface area contributed by atoms with Crippen molar-refractivity contribution in [1.29, 1.82) is 0 Å². The first-order valence-electron chi connectivity index (χ1n) is 13.0. The third-order valence-electron chi connectivity index (χ3n) is 6.63. The van der Waals surface area contributed by atoms with Crippen LogP contribution in [0.4, 0.5) is 8.78 Å². The van der Waals surface area contributed by atoms with Gasteiger partial charge in [0.25, 0.3) is 0 Å². The molecule has 0 aliphatic rings. The van der Waals surface area contributed by atoms with E-state index in [4.69, 9.17) is 0 Å². The van der Waals surface area contributed by atoms with Crippen LogP contribution in [0.15, 0.2) is 55.1 Å². The van der Waals surface area contributed by atoms with E-state index in [0.717, 1.165) is 18.4 Å². The lowest BCUT2D eigenvalue weighted by Crippen LogP contribution is -2.21. The molecule has 0 fully saturated rings. The molecule has 0 aliphatic carbocycles. The topological polar surface area (TPSA) is 154 Å². The number of benzene rings is 1. The summed E-state index contributed by atoms with van der Waals surface area (Å²) in [5, 5.41) is 10.4. The van der Waals surface area contributed by atoms with E-state index < -0.39 is 21.7 Å². The molecule has 1 aromatic carbocycles. The van der Waals surface area contributed by atoms with Gasteiger partial charge in [-0.1, -0.05) is 6.92 Å². The SMILES string of the molecule is CCNCc1cncc(-c2cnc3[nH]nc(-c4nc5c(-c6cc(F)cc(CNS(C)(=O)=O)c6)ccnc5[nH]4)c3c2F)c1. The molecule has 4 N–H and O–H groups in total. The van der Waals surface area contributed by atoms with Gasteiger partial charge in [-0.25, -0.2) is 36.9 Å². The second-order valence-electron chi connectivity index (χ2n) is 9.73. The molecule has 0 saturated heterocycles. The average molecular weight is 590 g/mol. The summed E-state index contributed by atoms with van der Waals surface area (Å²) >= 11 is 0. The third-order valence-corrected chi connectivity index (χ3v) is 7.30. The van der Waals surface area contributed by atoms with Crippen LogP contribution in [0, 0.1) is 11.6 Å². The molecule has 0 aliphatic heterocycles. The Bertz CT molecular complexity index is 2060. The Labute approximate surface area is 238 Å². The number of hydrogen-bond acceptors (Lipinski definition) is 8. The van der Waals surface area contributed by atoms with E-state index in [9.17, 15) is 12.8 Å². The van der Waals surface area contributed by atoms with Crippen molar-refractivity contribution >= 4 is 32.2 Å². The lowest BCUT2D eigenvalue weighted by molar-refractivity contribution is 0.586. The molecule has 0 unspecified atom stereocenters. The molecule has 0 radical (unpaired) electrons. The van der Waals surface area contributed by atoms with Gasteiger partial charge in [0.05, 0.1) is 11.6 Å². The van der Waals surface area contributed by atoms with E-state index in [-0.39, 0.29) is 34.7 Å². The summed E-state index contributed by atoms with van der Waals surface area (Å²) in [5.74, 6) is -0.835. The van der Waals surface area contributed by atoms with Crippen LogP contribution in [-0.2, 0) is 23.1 Å². The van der Waals surface area contributed by atoms with Gasteiger partial charge in [0, 0.05) is 54.6 Å². The summed E-state index contributed by atoms with van der Waals surface area (Å²) in [5.41, 5.74) is 4.42. The van der Waals surface area contributed by atoms with Crippen molar-refractivity contribution in [3.8, 4) is 33.8 Å². The van der Waals surface area contributed by atoms with E-state index in [2.05, 4.69) is 45.2 Å². The van der Waals surface area contributed by atoms with E-state index in [1.54, 1.807) is 24.5 Å². The third kappa shape index (κ3) is 5.46. The highest BCUT2D eigenvalue weighted by molar-refractivity contribution is 7.88. The first-order valence-corrected chi connectivity index (χ1v) is 14.9. The lowest BCUT2D eigenvalue weighted by Gasteiger charge is -2.08. The van der Waals surface area contributed by atoms with Crippen LogP contribution in [0.1, 0.15) is 18.1 Å². The number of aromatic amines is 2. The Hall–Kier alpha value is -4.66. The van der Waals surface area contributed by atoms with Gasteiger partial charge < -0.3 is 10.3 Å². The second kappa shape index (κ2) is 11.0. The Morgan fingerprint density at radius 1 is 0.929 bits per heavy atom. The standard InChI is InChI=1S/C28H25F2N9O2S/c1-3-31-10-16-7-18(13-32-11-16)21-14-34-26-22(23(21)30)25(38-39-26)28-36-24-20(4-5-33-27(24)37-28)17-6-15(8-19(29)9-17)12-35-42(2,40)41/h4-9,11,13-14,31,35H,3,10,12H2,1-2H3,(H,33,36,37)(H,34,38,39). The van der Waals surface area contributed by atoms with Gasteiger partial charge >= 0.3 is 0 Å². The number of imidazole rings is 1. The number of nitrogens with zero attached hydrogens (tertiary/aromatic N) is 5. The molecule has 6 aromatic rings. The van der Waals surface area contributed by atoms with Crippen molar-refractivity contribution in [3.63, 3.8) is 0 Å². The highest BCUT2D eigenvalue weighted by Gasteiger charge is 2.22. The van der Waals surface area contributed by atoms with Crippen LogP contribution >= 0.6 is 0 Å². The molecular formula is C28H25F2N9O2S. The fraction of sp³-hybridized carbons (Fsp3) is 0.179. The molecule has 5 heterocycles. The largest absolute Gasteiger partial charge is 0.321 e. The number of hydrogen-bond donors (Lipinski definition) is 4. The number of aromatic nitrogens is 7. The summed E-state index contributed by atoms with van der Waals surface area (Å²) in [6.07, 6.45) is 7.31. The van der Waals surface area contributed by atoms with E-state index in [0.29, 0.717) is 40.0 Å². The van der Waals surface area contributed by atoms with Crippen molar-refractivity contribution < 1.29 is 17.2 Å². The number of H-pyrrole nitrogens is 2. The van der Waals surface area contributed by atoms with Crippen molar-refractivity contribution in [2.45, 2.75) is 20.0 Å². The van der Waals surface area contributed by atoms with Crippen molar-refractivity contribution in [2.75, 3.05) is 12.8 Å². The molecule has 0 saturated carbocycles. The maximum Gasteiger partial charge on any atom is 0.209 e. The van der Waals surface area contributed by atoms with Crippen LogP contribution in [0.25, 0.3) is 56.0 Å². The van der Waals surface area contributed by atoms with Crippen molar-refractivity contribution in [3.05, 3.63) is 77.9 Å². The van der Waals surface area contributed by atoms with Crippen molar-refractivity contribution in [2.24, 2.45) is 0 Å². The lowest BCUT2D eigenvalue weighted by atomic mass is 10.0. The van der Waals surface area contributed by atoms with Gasteiger partial charge in [0.1, 0.15) is 22.8 Å². The zero-order chi connectivity index (χ0) is 29.4. The Morgan fingerprint density at radius 2 is 1.76 bits per heavy atom. The molecule has 0 atom stereocenters. The number of sulfonamides is 1. The molecule has 214 valence electrons. The molecule has 0 spiro atoms. The van der Waals surface area contributed by atoms with Gasteiger partial charge in [0.15, 0.2) is 17.1 Å². The highest BCUT2D eigenvalue weighted by Crippen LogP contribution is 2.34. The van der Waals surface area contributed by atoms with Crippen LogP contribution < -0.4 is 10.0 Å². The Balaban J connectivity index is 1.42. The monoisotopic (exact) mass is 589 g/mol. The smallest absolute Gasteiger partial charge is 0.209 e. The van der Waals surface area contributed by atoms with Crippen LogP contribution in [0.2, 0.25) is 0 Å². The van der Waals surface area contributed by atoms with Gasteiger partial charge in [-0.2, -0.15) is 5.10 Å². The molecule has 42 heavy (non-hydrogen) atoms. The Kier molecular flexibility index (Phi) is 7.18. The van der Waals surface area contributed by atoms with Gasteiger partial charge in [-0.05, 0) is 53.6 Å². The first-order chi connectivity index (χ1) is 20.2. The summed E-state index contributed by atoms with van der Waals surface area (Å²) in [7, 11) is -3.47. The van der Waals surface area contributed by atoms with E-state index in [1.165, 1.54) is 24.5 Å². The maximum absolute atomic E-state index is 16.1. The quantitative estimate of drug-likeness (QED) is 0.197. The predicted octanol–water partition coefficient (Wildman–Crippen LogP) is 4.06. The second-order valence-corrected chi connectivity index (χ2v) is 11.6. The molecular weight excluding hydrogens is 564 g/mol. The summed E-state index contributed by atoms with van der Waals surface area (Å²) in [4.78, 5) is 20.7. The van der Waals surface area contributed by atoms with Gasteiger partial charge in [-0.15, -0.1) is 0 Å². The summed E-state index contributed by atoms with van der Waals surface area (Å²) in [6, 6.07) is 7.78. The zero-order valence-electron chi connectivity index (χ0n) is 22.5. The molecule has 11 nitrogen and oxygen atoms in total. The minimum absolute atomic E-state index is 0.0783. The van der Waals surface area contributed by atoms with Gasteiger partial charge in [-0.3, -0.25) is 10.1 Å². The first kappa shape index (κ1) is 27.5. The molecule has 14 heteroatoms. The normalized spacial score (nSPS) is 12.0. The van der Waals surface area contributed by atoms with Gasteiger partial charge in [0.2, 0.25) is 10.0 Å².